The van der Waals surface area contributed by atoms with Gasteiger partial charge in [-0.15, -0.1) is 0 Å². The number of rotatable bonds is 12. The van der Waals surface area contributed by atoms with Gasteiger partial charge in [0.15, 0.2) is 0 Å². The molecule has 1 aromatic heterocycles. The highest BCUT2D eigenvalue weighted by Gasteiger charge is 2.31. The maximum Gasteiger partial charge on any atom is 0.416 e. The Morgan fingerprint density at radius 1 is 1.02 bits per heavy atom. The summed E-state index contributed by atoms with van der Waals surface area (Å²) in [7, 11) is -4.10. The van der Waals surface area contributed by atoms with Gasteiger partial charge in [0.05, 0.1) is 34.9 Å². The molecule has 3 aromatic rings. The van der Waals surface area contributed by atoms with E-state index >= 15 is 0 Å². The van der Waals surface area contributed by atoms with Gasteiger partial charge in [-0.1, -0.05) is 11.6 Å². The number of halogens is 5. The van der Waals surface area contributed by atoms with E-state index in [0.717, 1.165) is 24.7 Å². The van der Waals surface area contributed by atoms with Crippen LogP contribution in [-0.4, -0.2) is 72.3 Å². The molecule has 16 nitrogen and oxygen atoms in total. The molecule has 2 aromatic carbocycles. The number of nitrogens with zero attached hydrogens (tertiary/aromatic N) is 4. The number of aromatic nitrogens is 3. The molecular formula is C27H35Cl2F3N7O9P. The summed E-state index contributed by atoms with van der Waals surface area (Å²) < 4.78 is 58.4. The Morgan fingerprint density at radius 3 is 2.14 bits per heavy atom. The summed E-state index contributed by atoms with van der Waals surface area (Å²) in [6.45, 7) is 10.2. The minimum atomic E-state index is -4.52. The largest absolute Gasteiger partial charge is 0.487 e. The number of carboxylic acid groups (broad SMARTS) is 1. The van der Waals surface area contributed by atoms with Crippen LogP contribution in [0, 0.1) is 10.1 Å². The molecule has 0 aliphatic carbocycles. The van der Waals surface area contributed by atoms with Crippen molar-refractivity contribution in [2.45, 2.75) is 46.3 Å². The molecule has 22 heteroatoms. The average Bonchev–Trinajstić information content (AvgIpc) is 2.92. The summed E-state index contributed by atoms with van der Waals surface area (Å²) in [6.07, 6.45) is -5.11. The van der Waals surface area contributed by atoms with Crippen molar-refractivity contribution in [1.82, 2.24) is 20.3 Å². The standard InChI is InChI=1S/C15H11ClF3NO4.C9H16ClN5.C3H8NO5P/c1-2-23-14-8-10(4-5-12(14)20(21)22)24-13-6-3-9(7-11(13)16)15(17,18)19;1-5-11-7-12-6(10)13-8(14-7)15-9(2,3)4;5-3(6)1-4-2-10(7,8)9/h3-8H,2H2,1H3;5H2,1-4H3,(H2,11,12,13,14,15);4H,1-2H2,(H,5,6)(H2,7,8,9). The Bertz CT molecular complexity index is 1610. The smallest absolute Gasteiger partial charge is 0.416 e. The molecule has 272 valence electrons. The highest BCUT2D eigenvalue weighted by Crippen LogP contribution is 2.38. The molecule has 0 radical (unpaired) electrons. The first kappa shape index (κ1) is 43.0. The van der Waals surface area contributed by atoms with Gasteiger partial charge in [-0.25, -0.2) is 0 Å². The average molecular weight is 760 g/mol. The van der Waals surface area contributed by atoms with Crippen LogP contribution in [0.15, 0.2) is 36.4 Å². The van der Waals surface area contributed by atoms with E-state index in [4.69, 9.17) is 47.6 Å². The van der Waals surface area contributed by atoms with Crippen molar-refractivity contribution in [2.75, 3.05) is 36.6 Å². The Hall–Kier alpha value is -4.00. The molecule has 0 spiro atoms. The van der Waals surface area contributed by atoms with Crippen molar-refractivity contribution in [3.63, 3.8) is 0 Å². The van der Waals surface area contributed by atoms with Gasteiger partial charge in [-0.2, -0.15) is 28.1 Å². The first-order valence-electron chi connectivity index (χ1n) is 13.9. The molecule has 0 aliphatic heterocycles. The van der Waals surface area contributed by atoms with Gasteiger partial charge in [0.1, 0.15) is 11.5 Å². The Kier molecular flexibility index (Phi) is 16.9. The van der Waals surface area contributed by atoms with Crippen LogP contribution < -0.4 is 25.4 Å². The molecule has 0 atom stereocenters. The zero-order valence-electron chi connectivity index (χ0n) is 26.7. The zero-order valence-corrected chi connectivity index (χ0v) is 29.1. The number of carboxylic acids is 1. The van der Waals surface area contributed by atoms with Crippen molar-refractivity contribution >= 4 is 54.4 Å². The highest BCUT2D eigenvalue weighted by atomic mass is 35.5. The van der Waals surface area contributed by atoms with E-state index in [1.54, 1.807) is 6.92 Å². The van der Waals surface area contributed by atoms with Crippen LogP contribution in [0.1, 0.15) is 40.2 Å². The van der Waals surface area contributed by atoms with Crippen LogP contribution in [0.4, 0.5) is 30.8 Å². The number of hydrogen-bond acceptors (Lipinski definition) is 12. The van der Waals surface area contributed by atoms with E-state index in [1.165, 1.54) is 18.2 Å². The third-order valence-corrected chi connectivity index (χ3v) is 6.04. The summed E-state index contributed by atoms with van der Waals surface area (Å²) >= 11 is 11.6. The number of nitro benzene ring substituents is 1. The van der Waals surface area contributed by atoms with Gasteiger partial charge in [-0.3, -0.25) is 24.8 Å². The molecular weight excluding hydrogens is 725 g/mol. The van der Waals surface area contributed by atoms with Crippen LogP contribution in [0.3, 0.4) is 0 Å². The minimum absolute atomic E-state index is 0.0111. The van der Waals surface area contributed by atoms with Gasteiger partial charge < -0.3 is 35.0 Å². The van der Waals surface area contributed by atoms with Crippen LogP contribution in [0.2, 0.25) is 10.3 Å². The number of alkyl halides is 3. The molecule has 0 fully saturated rings. The molecule has 1 heterocycles. The monoisotopic (exact) mass is 759 g/mol. The fourth-order valence-electron chi connectivity index (χ4n) is 3.15. The van der Waals surface area contributed by atoms with Crippen molar-refractivity contribution in [2.24, 2.45) is 0 Å². The number of benzene rings is 2. The Labute approximate surface area is 288 Å². The lowest BCUT2D eigenvalue weighted by Gasteiger charge is -2.20. The molecule has 49 heavy (non-hydrogen) atoms. The van der Waals surface area contributed by atoms with Gasteiger partial charge in [0.25, 0.3) is 0 Å². The summed E-state index contributed by atoms with van der Waals surface area (Å²) in [5.74, 6) is -0.0501. The summed E-state index contributed by atoms with van der Waals surface area (Å²) in [5, 5.41) is 27.0. The number of anilines is 2. The molecule has 0 bridgehead atoms. The SMILES string of the molecule is CCNc1nc(Cl)nc(NC(C)(C)C)n1.CCOc1cc(Oc2ccc(C(F)(F)F)cc2Cl)ccc1[N+](=O)[O-].O=C(O)CNCP(=O)(O)O. The molecule has 0 aliphatic rings. The summed E-state index contributed by atoms with van der Waals surface area (Å²) in [5.41, 5.74) is -1.25. The second kappa shape index (κ2) is 19.3. The first-order valence-corrected chi connectivity index (χ1v) is 16.5. The van der Waals surface area contributed by atoms with Crippen LogP contribution in [0.25, 0.3) is 0 Å². The number of nitrogens with one attached hydrogen (secondary N) is 3. The third-order valence-electron chi connectivity index (χ3n) is 4.94. The van der Waals surface area contributed by atoms with Crippen molar-refractivity contribution in [3.05, 3.63) is 62.4 Å². The lowest BCUT2D eigenvalue weighted by Crippen LogP contribution is -2.27. The molecule has 6 N–H and O–H groups in total. The second-order valence-electron chi connectivity index (χ2n) is 10.4. The van der Waals surface area contributed by atoms with Crippen LogP contribution >= 0.6 is 30.8 Å². The first-order chi connectivity index (χ1) is 22.5. The third kappa shape index (κ3) is 17.8. The minimum Gasteiger partial charge on any atom is -0.487 e. The quantitative estimate of drug-likeness (QED) is 0.0664. The van der Waals surface area contributed by atoms with Crippen LogP contribution in [0.5, 0.6) is 17.2 Å². The van der Waals surface area contributed by atoms with Gasteiger partial charge >= 0.3 is 25.4 Å². The number of aliphatic carboxylic acids is 1. The van der Waals surface area contributed by atoms with Gasteiger partial charge in [0.2, 0.25) is 22.9 Å². The molecule has 0 saturated heterocycles. The fraction of sp³-hybridized carbons (Fsp3) is 0.407. The maximum atomic E-state index is 12.6. The van der Waals surface area contributed by atoms with E-state index in [1.807, 2.05) is 27.7 Å². The van der Waals surface area contributed by atoms with Crippen LogP contribution in [-0.2, 0) is 15.5 Å². The van der Waals surface area contributed by atoms with E-state index in [9.17, 15) is 32.6 Å². The van der Waals surface area contributed by atoms with Gasteiger partial charge in [-0.05, 0) is 70.5 Å². The molecule has 3 rings (SSSR count). The number of carbonyl (C=O) groups is 1. The number of nitro groups is 1. The predicted molar refractivity (Wildman–Crippen MR) is 176 cm³/mol. The molecule has 0 unspecified atom stereocenters. The van der Waals surface area contributed by atoms with E-state index in [0.29, 0.717) is 11.9 Å². The second-order valence-corrected chi connectivity index (χ2v) is 12.8. The normalized spacial score (nSPS) is 11.3. The van der Waals surface area contributed by atoms with E-state index < -0.39 is 43.1 Å². The lowest BCUT2D eigenvalue weighted by molar-refractivity contribution is -0.385. The van der Waals surface area contributed by atoms with Gasteiger partial charge in [0, 0.05) is 24.2 Å². The topological polar surface area (TPSA) is 231 Å². The van der Waals surface area contributed by atoms with Crippen molar-refractivity contribution in [1.29, 1.82) is 0 Å². The van der Waals surface area contributed by atoms with E-state index in [2.05, 4.69) is 30.9 Å². The lowest BCUT2D eigenvalue weighted by atomic mass is 10.1. The number of hydrogen-bond donors (Lipinski definition) is 6. The predicted octanol–water partition coefficient (Wildman–Crippen LogP) is 6.42. The summed E-state index contributed by atoms with van der Waals surface area (Å²) in [4.78, 5) is 48.6. The zero-order chi connectivity index (χ0) is 37.6. The Morgan fingerprint density at radius 2 is 1.65 bits per heavy atom. The number of ether oxygens (including phenoxy) is 2. The molecule has 0 amide bonds. The van der Waals surface area contributed by atoms with E-state index in [-0.39, 0.29) is 45.4 Å². The molecule has 0 saturated carbocycles. The Balaban J connectivity index is 0.000000410. The van der Waals surface area contributed by atoms with Crippen molar-refractivity contribution < 1.29 is 51.8 Å². The summed E-state index contributed by atoms with van der Waals surface area (Å²) in [6, 6.07) is 6.40. The highest BCUT2D eigenvalue weighted by molar-refractivity contribution is 7.51. The van der Waals surface area contributed by atoms with Crippen molar-refractivity contribution in [3.8, 4) is 17.2 Å². The fourth-order valence-corrected chi connectivity index (χ4v) is 3.94. The maximum absolute atomic E-state index is 12.6.